The third kappa shape index (κ3) is 10.7. The molecule has 0 heterocycles. The van der Waals surface area contributed by atoms with E-state index in [1.54, 1.807) is 7.05 Å². The molecule has 0 aliphatic heterocycles. The summed E-state index contributed by atoms with van der Waals surface area (Å²) >= 11 is 1.89. The molecule has 1 rings (SSSR count). The molecular weight excluding hydrogens is 435 g/mol. The Morgan fingerprint density at radius 3 is 2.38 bits per heavy atom. The molecule has 0 aliphatic carbocycles. The highest BCUT2D eigenvalue weighted by Crippen LogP contribution is 2.09. The number of hydrogen-bond acceptors (Lipinski definition) is 3. The van der Waals surface area contributed by atoms with Gasteiger partial charge in [-0.2, -0.15) is 11.8 Å². The highest BCUT2D eigenvalue weighted by Gasteiger charge is 1.99. The van der Waals surface area contributed by atoms with Crippen LogP contribution < -0.4 is 16.0 Å². The molecule has 3 N–H and O–H groups in total. The van der Waals surface area contributed by atoms with Crippen LogP contribution in [-0.4, -0.2) is 44.0 Å². The molecule has 1 aromatic carbocycles. The molecule has 7 heteroatoms. The van der Waals surface area contributed by atoms with Gasteiger partial charge in [-0.15, -0.1) is 24.0 Å². The quantitative estimate of drug-likeness (QED) is 0.228. The lowest BCUT2D eigenvalue weighted by Crippen LogP contribution is -2.38. The first-order chi connectivity index (χ1) is 11.2. The minimum Gasteiger partial charge on any atom is -0.356 e. The fraction of sp³-hybridized carbons (Fsp3) is 0.529. The van der Waals surface area contributed by atoms with E-state index in [0.717, 1.165) is 37.6 Å². The van der Waals surface area contributed by atoms with Crippen molar-refractivity contribution in [2.24, 2.45) is 4.99 Å². The molecule has 1 amide bonds. The van der Waals surface area contributed by atoms with Crippen LogP contribution in [0.1, 0.15) is 25.3 Å². The number of benzene rings is 1. The van der Waals surface area contributed by atoms with Crippen LogP contribution >= 0.6 is 35.7 Å². The standard InChI is InChI=1S/C17H28N4OS.HI/c1-14(22)21-16-8-6-15(7-9-16)10-12-20-17(18-2)19-11-4-5-13-23-3;/h6-9H,4-5,10-13H2,1-3H3,(H,21,22)(H2,18,19,20);1H. The van der Waals surface area contributed by atoms with Crippen molar-refractivity contribution in [2.75, 3.05) is 37.5 Å². The zero-order valence-corrected chi connectivity index (χ0v) is 17.9. The van der Waals surface area contributed by atoms with Gasteiger partial charge < -0.3 is 16.0 Å². The summed E-state index contributed by atoms with van der Waals surface area (Å²) in [4.78, 5) is 15.2. The van der Waals surface area contributed by atoms with Gasteiger partial charge in [0.2, 0.25) is 5.91 Å². The van der Waals surface area contributed by atoms with E-state index < -0.39 is 0 Å². The molecule has 0 fully saturated rings. The Labute approximate surface area is 166 Å². The van der Waals surface area contributed by atoms with Crippen molar-refractivity contribution in [3.63, 3.8) is 0 Å². The third-order valence-electron chi connectivity index (χ3n) is 3.27. The number of halogens is 1. The second kappa shape index (κ2) is 14.4. The summed E-state index contributed by atoms with van der Waals surface area (Å²) in [6, 6.07) is 7.92. The molecule has 0 saturated carbocycles. The second-order valence-electron chi connectivity index (χ2n) is 5.25. The molecule has 0 spiro atoms. The van der Waals surface area contributed by atoms with Crippen molar-refractivity contribution in [2.45, 2.75) is 26.2 Å². The molecule has 0 bridgehead atoms. The topological polar surface area (TPSA) is 65.5 Å². The van der Waals surface area contributed by atoms with E-state index in [2.05, 4.69) is 27.2 Å². The normalized spacial score (nSPS) is 10.7. The number of carbonyl (C=O) groups excluding carboxylic acids is 1. The van der Waals surface area contributed by atoms with E-state index >= 15 is 0 Å². The Hall–Kier alpha value is -0.960. The zero-order chi connectivity index (χ0) is 16.9. The molecule has 0 unspecified atom stereocenters. The predicted molar refractivity (Wildman–Crippen MR) is 117 cm³/mol. The lowest BCUT2D eigenvalue weighted by atomic mass is 10.1. The summed E-state index contributed by atoms with van der Waals surface area (Å²) in [5, 5.41) is 9.41. The molecular formula is C17H29IN4OS. The summed E-state index contributed by atoms with van der Waals surface area (Å²) < 4.78 is 0. The first kappa shape index (κ1) is 23.0. The number of unbranched alkanes of at least 4 members (excludes halogenated alkanes) is 1. The highest BCUT2D eigenvalue weighted by atomic mass is 127. The van der Waals surface area contributed by atoms with Crippen molar-refractivity contribution in [3.8, 4) is 0 Å². The molecule has 0 aromatic heterocycles. The van der Waals surface area contributed by atoms with Gasteiger partial charge >= 0.3 is 0 Å². The van der Waals surface area contributed by atoms with E-state index in [1.165, 1.54) is 24.7 Å². The lowest BCUT2D eigenvalue weighted by molar-refractivity contribution is -0.114. The van der Waals surface area contributed by atoms with Gasteiger partial charge in [0.1, 0.15) is 0 Å². The number of anilines is 1. The Morgan fingerprint density at radius 2 is 1.79 bits per heavy atom. The Morgan fingerprint density at radius 1 is 1.12 bits per heavy atom. The second-order valence-corrected chi connectivity index (χ2v) is 6.24. The maximum absolute atomic E-state index is 11.0. The number of aliphatic imine (C=N–C) groups is 1. The molecule has 0 radical (unpaired) electrons. The van der Waals surface area contributed by atoms with Crippen LogP contribution in [0.25, 0.3) is 0 Å². The average molecular weight is 464 g/mol. The molecule has 136 valence electrons. The summed E-state index contributed by atoms with van der Waals surface area (Å²) in [5.74, 6) is 2.01. The van der Waals surface area contributed by atoms with Crippen LogP contribution in [0.4, 0.5) is 5.69 Å². The minimum absolute atomic E-state index is 0. The van der Waals surface area contributed by atoms with Gasteiger partial charge in [-0.3, -0.25) is 9.79 Å². The number of carbonyl (C=O) groups is 1. The first-order valence-electron chi connectivity index (χ1n) is 7.95. The Bertz CT molecular complexity index is 494. The van der Waals surface area contributed by atoms with E-state index in [9.17, 15) is 4.79 Å². The summed E-state index contributed by atoms with van der Waals surface area (Å²) in [6.45, 7) is 3.28. The zero-order valence-electron chi connectivity index (χ0n) is 14.7. The van der Waals surface area contributed by atoms with Crippen molar-refractivity contribution >= 4 is 53.3 Å². The number of amides is 1. The monoisotopic (exact) mass is 464 g/mol. The van der Waals surface area contributed by atoms with Crippen LogP contribution in [-0.2, 0) is 11.2 Å². The maximum atomic E-state index is 11.0. The first-order valence-corrected chi connectivity index (χ1v) is 9.35. The number of guanidine groups is 1. The van der Waals surface area contributed by atoms with Gasteiger partial charge in [-0.05, 0) is 49.0 Å². The van der Waals surface area contributed by atoms with Crippen LogP contribution in [0.5, 0.6) is 0 Å². The largest absolute Gasteiger partial charge is 0.356 e. The van der Waals surface area contributed by atoms with Crippen molar-refractivity contribution in [1.29, 1.82) is 0 Å². The van der Waals surface area contributed by atoms with Crippen molar-refractivity contribution in [3.05, 3.63) is 29.8 Å². The number of nitrogens with zero attached hydrogens (tertiary/aromatic N) is 1. The summed E-state index contributed by atoms with van der Waals surface area (Å²) in [5.41, 5.74) is 2.05. The molecule has 1 aromatic rings. The van der Waals surface area contributed by atoms with E-state index in [-0.39, 0.29) is 29.9 Å². The van der Waals surface area contributed by atoms with E-state index in [0.29, 0.717) is 0 Å². The van der Waals surface area contributed by atoms with Gasteiger partial charge in [0.15, 0.2) is 5.96 Å². The van der Waals surface area contributed by atoms with Crippen LogP contribution in [0.15, 0.2) is 29.3 Å². The van der Waals surface area contributed by atoms with E-state index in [4.69, 9.17) is 0 Å². The van der Waals surface area contributed by atoms with Gasteiger partial charge in [0.05, 0.1) is 0 Å². The Kier molecular flexibility index (Phi) is 13.8. The van der Waals surface area contributed by atoms with E-state index in [1.807, 2.05) is 36.0 Å². The molecule has 0 atom stereocenters. The number of nitrogens with one attached hydrogen (secondary N) is 3. The van der Waals surface area contributed by atoms with Gasteiger partial charge in [-0.1, -0.05) is 12.1 Å². The number of rotatable bonds is 9. The number of hydrogen-bond donors (Lipinski definition) is 3. The van der Waals surface area contributed by atoms with Crippen molar-refractivity contribution in [1.82, 2.24) is 10.6 Å². The molecule has 5 nitrogen and oxygen atoms in total. The number of thioether (sulfide) groups is 1. The van der Waals surface area contributed by atoms with Crippen LogP contribution in [0, 0.1) is 0 Å². The average Bonchev–Trinajstić information content (AvgIpc) is 2.54. The van der Waals surface area contributed by atoms with Crippen LogP contribution in [0.3, 0.4) is 0 Å². The summed E-state index contributed by atoms with van der Waals surface area (Å²) in [7, 11) is 1.79. The Balaban J connectivity index is 0.00000529. The smallest absolute Gasteiger partial charge is 0.221 e. The maximum Gasteiger partial charge on any atom is 0.221 e. The molecule has 0 aliphatic rings. The lowest BCUT2D eigenvalue weighted by Gasteiger charge is -2.12. The summed E-state index contributed by atoms with van der Waals surface area (Å²) in [6.07, 6.45) is 5.43. The van der Waals surface area contributed by atoms with Gasteiger partial charge in [-0.25, -0.2) is 0 Å². The van der Waals surface area contributed by atoms with Crippen molar-refractivity contribution < 1.29 is 4.79 Å². The SMILES string of the molecule is CN=C(NCCCCSC)NCCc1ccc(NC(C)=O)cc1.I. The minimum atomic E-state index is -0.0492. The van der Waals surface area contributed by atoms with Gasteiger partial charge in [0, 0.05) is 32.7 Å². The van der Waals surface area contributed by atoms with Crippen LogP contribution in [0.2, 0.25) is 0 Å². The predicted octanol–water partition coefficient (Wildman–Crippen LogP) is 3.11. The fourth-order valence-corrected chi connectivity index (χ4v) is 2.57. The molecule has 0 saturated heterocycles. The highest BCUT2D eigenvalue weighted by molar-refractivity contribution is 14.0. The third-order valence-corrected chi connectivity index (χ3v) is 3.97. The molecule has 24 heavy (non-hydrogen) atoms. The van der Waals surface area contributed by atoms with Gasteiger partial charge in [0.25, 0.3) is 0 Å². The fourth-order valence-electron chi connectivity index (χ4n) is 2.08.